The van der Waals surface area contributed by atoms with Crippen molar-refractivity contribution >= 4 is 5.69 Å². The molecule has 0 aliphatic rings. The van der Waals surface area contributed by atoms with E-state index in [9.17, 15) is 10.1 Å². The predicted molar refractivity (Wildman–Crippen MR) is 74.6 cm³/mol. The number of rotatable bonds is 5. The maximum Gasteiger partial charge on any atom is 0.269 e. The first kappa shape index (κ1) is 14.0. The van der Waals surface area contributed by atoms with Crippen molar-refractivity contribution in [3.05, 3.63) is 58.4 Å². The average Bonchev–Trinajstić information content (AvgIpc) is 2.48. The number of hydrogen-bond acceptors (Lipinski definition) is 5. The Kier molecular flexibility index (Phi) is 4.27. The second-order valence-corrected chi connectivity index (χ2v) is 4.29. The number of nitro benzene ring substituents is 1. The average molecular weight is 273 g/mol. The maximum atomic E-state index is 10.5. The highest BCUT2D eigenvalue weighted by molar-refractivity contribution is 5.38. The van der Waals surface area contributed by atoms with E-state index in [1.807, 2.05) is 13.0 Å². The number of nitrogens with zero attached hydrogens (tertiary/aromatic N) is 2. The molecule has 104 valence electrons. The summed E-state index contributed by atoms with van der Waals surface area (Å²) < 4.78 is 5.56. The first-order valence-corrected chi connectivity index (χ1v) is 6.24. The van der Waals surface area contributed by atoms with E-state index in [1.165, 1.54) is 12.1 Å². The van der Waals surface area contributed by atoms with Gasteiger partial charge in [-0.25, -0.2) is 0 Å². The molecule has 0 unspecified atom stereocenters. The van der Waals surface area contributed by atoms with Gasteiger partial charge in [-0.3, -0.25) is 15.1 Å². The Bertz CT molecular complexity index is 582. The lowest BCUT2D eigenvalue weighted by Crippen LogP contribution is -2.10. The summed E-state index contributed by atoms with van der Waals surface area (Å²) in [5.74, 6) is 1.08. The van der Waals surface area contributed by atoms with E-state index < -0.39 is 4.92 Å². The van der Waals surface area contributed by atoms with E-state index in [-0.39, 0.29) is 11.7 Å². The Labute approximate surface area is 116 Å². The van der Waals surface area contributed by atoms with Crippen molar-refractivity contribution in [3.8, 4) is 11.5 Å². The zero-order valence-electron chi connectivity index (χ0n) is 11.0. The van der Waals surface area contributed by atoms with Crippen molar-refractivity contribution < 1.29 is 9.66 Å². The van der Waals surface area contributed by atoms with Crippen LogP contribution in [0, 0.1) is 10.1 Å². The highest BCUT2D eigenvalue weighted by Gasteiger charge is 2.07. The molecule has 0 radical (unpaired) electrons. The highest BCUT2D eigenvalue weighted by atomic mass is 16.6. The summed E-state index contributed by atoms with van der Waals surface area (Å²) in [4.78, 5) is 14.3. The van der Waals surface area contributed by atoms with Crippen LogP contribution in [-0.2, 0) is 0 Å². The summed E-state index contributed by atoms with van der Waals surface area (Å²) in [6.07, 6.45) is 2.40. The third-order valence-electron chi connectivity index (χ3n) is 2.86. The number of aromatic nitrogens is 1. The van der Waals surface area contributed by atoms with Crippen LogP contribution in [0.15, 0.2) is 42.6 Å². The Morgan fingerprint density at radius 1 is 1.25 bits per heavy atom. The molecular weight excluding hydrogens is 258 g/mol. The quantitative estimate of drug-likeness (QED) is 0.667. The lowest BCUT2D eigenvalue weighted by atomic mass is 10.1. The number of hydrogen-bond donors (Lipinski definition) is 1. The van der Waals surface area contributed by atoms with Crippen molar-refractivity contribution in [3.63, 3.8) is 0 Å². The Hall–Kier alpha value is -2.47. The first-order valence-electron chi connectivity index (χ1n) is 6.24. The molecule has 0 fully saturated rings. The van der Waals surface area contributed by atoms with Crippen LogP contribution in [0.3, 0.4) is 0 Å². The summed E-state index contributed by atoms with van der Waals surface area (Å²) in [6.45, 7) is 1.99. The number of nitrogens with two attached hydrogens (primary N) is 1. The molecule has 0 amide bonds. The molecule has 1 aromatic carbocycles. The van der Waals surface area contributed by atoms with Crippen molar-refractivity contribution in [2.75, 3.05) is 0 Å². The molecule has 2 N–H and O–H groups in total. The summed E-state index contributed by atoms with van der Waals surface area (Å²) in [5.41, 5.74) is 6.71. The van der Waals surface area contributed by atoms with Crippen molar-refractivity contribution in [1.82, 2.24) is 4.98 Å². The standard InChI is InChI=1S/C14H15N3O3/c1-2-13(15)14-8-7-12(9-16-14)20-11-5-3-10(4-6-11)17(18)19/h3-9,13H,2,15H2,1H3/t13-/m0/s1. The Morgan fingerprint density at radius 2 is 1.90 bits per heavy atom. The molecule has 0 bridgehead atoms. The molecule has 0 spiro atoms. The molecule has 20 heavy (non-hydrogen) atoms. The van der Waals surface area contributed by atoms with Crippen LogP contribution in [0.1, 0.15) is 25.1 Å². The number of ether oxygens (including phenoxy) is 1. The van der Waals surface area contributed by atoms with Gasteiger partial charge in [0, 0.05) is 18.2 Å². The van der Waals surface area contributed by atoms with Gasteiger partial charge in [-0.1, -0.05) is 6.92 Å². The summed E-state index contributed by atoms with van der Waals surface area (Å²) in [6, 6.07) is 9.39. The minimum absolute atomic E-state index is 0.0275. The van der Waals surface area contributed by atoms with Crippen LogP contribution in [0.4, 0.5) is 5.69 Å². The summed E-state index contributed by atoms with van der Waals surface area (Å²) in [5, 5.41) is 10.5. The lowest BCUT2D eigenvalue weighted by Gasteiger charge is -2.09. The summed E-state index contributed by atoms with van der Waals surface area (Å²) >= 11 is 0. The fourth-order valence-electron chi connectivity index (χ4n) is 1.65. The van der Waals surface area contributed by atoms with E-state index in [4.69, 9.17) is 10.5 Å². The molecule has 6 heteroatoms. The van der Waals surface area contributed by atoms with E-state index >= 15 is 0 Å². The molecule has 1 atom stereocenters. The van der Waals surface area contributed by atoms with Gasteiger partial charge >= 0.3 is 0 Å². The van der Waals surface area contributed by atoms with E-state index in [1.54, 1.807) is 24.4 Å². The van der Waals surface area contributed by atoms with Gasteiger partial charge in [-0.2, -0.15) is 0 Å². The van der Waals surface area contributed by atoms with Gasteiger partial charge in [-0.15, -0.1) is 0 Å². The smallest absolute Gasteiger partial charge is 0.269 e. The fourth-order valence-corrected chi connectivity index (χ4v) is 1.65. The zero-order chi connectivity index (χ0) is 14.5. The topological polar surface area (TPSA) is 91.3 Å². The Morgan fingerprint density at radius 3 is 2.40 bits per heavy atom. The largest absolute Gasteiger partial charge is 0.456 e. The minimum atomic E-state index is -0.452. The minimum Gasteiger partial charge on any atom is -0.456 e. The Balaban J connectivity index is 2.08. The molecule has 1 aromatic heterocycles. The molecule has 2 rings (SSSR count). The van der Waals surface area contributed by atoms with Crippen molar-refractivity contribution in [1.29, 1.82) is 0 Å². The van der Waals surface area contributed by atoms with Crippen molar-refractivity contribution in [2.45, 2.75) is 19.4 Å². The van der Waals surface area contributed by atoms with Gasteiger partial charge in [0.25, 0.3) is 5.69 Å². The molecule has 1 heterocycles. The van der Waals surface area contributed by atoms with Gasteiger partial charge < -0.3 is 10.5 Å². The lowest BCUT2D eigenvalue weighted by molar-refractivity contribution is -0.384. The third kappa shape index (κ3) is 3.30. The summed E-state index contributed by atoms with van der Waals surface area (Å²) in [7, 11) is 0. The first-order chi connectivity index (χ1) is 9.60. The second-order valence-electron chi connectivity index (χ2n) is 4.29. The van der Waals surface area contributed by atoms with Gasteiger partial charge in [0.15, 0.2) is 0 Å². The zero-order valence-corrected chi connectivity index (χ0v) is 11.0. The van der Waals surface area contributed by atoms with Crippen molar-refractivity contribution in [2.24, 2.45) is 5.73 Å². The fraction of sp³-hybridized carbons (Fsp3) is 0.214. The normalized spacial score (nSPS) is 11.9. The van der Waals surface area contributed by atoms with Gasteiger partial charge in [0.1, 0.15) is 11.5 Å². The van der Waals surface area contributed by atoms with Crippen LogP contribution < -0.4 is 10.5 Å². The molecular formula is C14H15N3O3. The van der Waals surface area contributed by atoms with Crippen LogP contribution >= 0.6 is 0 Å². The second kappa shape index (κ2) is 6.12. The number of non-ortho nitro benzene ring substituents is 1. The third-order valence-corrected chi connectivity index (χ3v) is 2.86. The van der Waals surface area contributed by atoms with E-state index in [0.29, 0.717) is 11.5 Å². The number of pyridine rings is 1. The molecule has 0 saturated heterocycles. The highest BCUT2D eigenvalue weighted by Crippen LogP contribution is 2.24. The van der Waals surface area contributed by atoms with Crippen LogP contribution in [0.2, 0.25) is 0 Å². The van der Waals surface area contributed by atoms with Gasteiger partial charge in [-0.05, 0) is 30.7 Å². The number of nitro groups is 1. The SMILES string of the molecule is CC[C@H](N)c1ccc(Oc2ccc([N+](=O)[O-])cc2)cn1. The van der Waals surface area contributed by atoms with Crippen LogP contribution in [0.25, 0.3) is 0 Å². The molecule has 0 aliphatic heterocycles. The van der Waals surface area contributed by atoms with Crippen LogP contribution in [-0.4, -0.2) is 9.91 Å². The maximum absolute atomic E-state index is 10.5. The number of benzene rings is 1. The van der Waals surface area contributed by atoms with Crippen LogP contribution in [0.5, 0.6) is 11.5 Å². The van der Waals surface area contributed by atoms with E-state index in [0.717, 1.165) is 12.1 Å². The van der Waals surface area contributed by atoms with Gasteiger partial charge in [0.05, 0.1) is 16.8 Å². The van der Waals surface area contributed by atoms with Gasteiger partial charge in [0.2, 0.25) is 0 Å². The molecule has 0 aliphatic carbocycles. The molecule has 2 aromatic rings. The molecule has 6 nitrogen and oxygen atoms in total. The predicted octanol–water partition coefficient (Wildman–Crippen LogP) is 3.19. The van der Waals surface area contributed by atoms with E-state index in [2.05, 4.69) is 4.98 Å². The monoisotopic (exact) mass is 273 g/mol. The molecule has 0 saturated carbocycles.